The highest BCUT2D eigenvalue weighted by Crippen LogP contribution is 2.34. The van der Waals surface area contributed by atoms with E-state index in [0.717, 1.165) is 29.6 Å². The van der Waals surface area contributed by atoms with E-state index in [1.807, 2.05) is 12.4 Å². The molecule has 1 aromatic heterocycles. The van der Waals surface area contributed by atoms with Crippen LogP contribution >= 0.6 is 0 Å². The highest BCUT2D eigenvalue weighted by molar-refractivity contribution is 5.63. The van der Waals surface area contributed by atoms with Crippen molar-refractivity contribution in [2.75, 3.05) is 0 Å². The molecule has 3 rings (SSSR count). The molecule has 1 saturated carbocycles. The molecule has 31 heavy (non-hydrogen) atoms. The highest BCUT2D eigenvalue weighted by Gasteiger charge is 2.20. The molecule has 2 nitrogen and oxygen atoms in total. The molecular formula is C29H44N2. The van der Waals surface area contributed by atoms with Crippen molar-refractivity contribution in [3.05, 3.63) is 47.5 Å². The summed E-state index contributed by atoms with van der Waals surface area (Å²) in [5.41, 5.74) is 5.25. The summed E-state index contributed by atoms with van der Waals surface area (Å²) < 4.78 is 0. The molecule has 0 radical (unpaired) electrons. The standard InChI is InChI=1S/C29H44N2/c1-4-6-8-10-24-12-14-25(15-13-24)16-19-29-30-21-28(22-31-29)27-18-17-26(23(3)20-27)11-9-7-5-2/h17-18,20-22,24-25H,4-16,19H2,1-3H3. The minimum absolute atomic E-state index is 0.883. The van der Waals surface area contributed by atoms with Gasteiger partial charge in [-0.1, -0.05) is 96.3 Å². The Bertz CT molecular complexity index is 757. The van der Waals surface area contributed by atoms with Crippen molar-refractivity contribution in [3.8, 4) is 11.1 Å². The summed E-state index contributed by atoms with van der Waals surface area (Å²) in [6.45, 7) is 6.80. The van der Waals surface area contributed by atoms with Crippen molar-refractivity contribution in [2.45, 2.75) is 111 Å². The van der Waals surface area contributed by atoms with Crippen molar-refractivity contribution >= 4 is 0 Å². The van der Waals surface area contributed by atoms with Crippen LogP contribution in [0.15, 0.2) is 30.6 Å². The molecule has 1 aliphatic rings. The normalized spacial score (nSPS) is 18.9. The van der Waals surface area contributed by atoms with Crippen LogP contribution in [0.1, 0.15) is 108 Å². The third kappa shape index (κ3) is 7.74. The lowest BCUT2D eigenvalue weighted by molar-refractivity contribution is 0.248. The maximum absolute atomic E-state index is 4.71. The van der Waals surface area contributed by atoms with Gasteiger partial charge in [-0.25, -0.2) is 9.97 Å². The maximum atomic E-state index is 4.71. The Morgan fingerprint density at radius 2 is 1.39 bits per heavy atom. The van der Waals surface area contributed by atoms with Gasteiger partial charge in [0.2, 0.25) is 0 Å². The molecule has 1 aromatic carbocycles. The van der Waals surface area contributed by atoms with E-state index in [-0.39, 0.29) is 0 Å². The first kappa shape index (κ1) is 24.0. The first-order valence-corrected chi connectivity index (χ1v) is 13.1. The van der Waals surface area contributed by atoms with Crippen molar-refractivity contribution in [1.29, 1.82) is 0 Å². The van der Waals surface area contributed by atoms with Gasteiger partial charge in [0.25, 0.3) is 0 Å². The molecule has 2 heteroatoms. The molecule has 0 saturated heterocycles. The SMILES string of the molecule is CCCCCc1ccc(-c2cnc(CCC3CCC(CCCCC)CC3)nc2)cc1C. The lowest BCUT2D eigenvalue weighted by Gasteiger charge is -2.28. The fourth-order valence-electron chi connectivity index (χ4n) is 5.18. The Kier molecular flexibility index (Phi) is 10.0. The van der Waals surface area contributed by atoms with Crippen LogP contribution in [0.4, 0.5) is 0 Å². The van der Waals surface area contributed by atoms with Crippen molar-refractivity contribution < 1.29 is 0 Å². The molecule has 0 spiro atoms. The number of aryl methyl sites for hydroxylation is 3. The second kappa shape index (κ2) is 13.0. The topological polar surface area (TPSA) is 25.8 Å². The van der Waals surface area contributed by atoms with Crippen LogP contribution in [-0.2, 0) is 12.8 Å². The molecule has 0 N–H and O–H groups in total. The van der Waals surface area contributed by atoms with Crippen molar-refractivity contribution in [2.24, 2.45) is 11.8 Å². The summed E-state index contributed by atoms with van der Waals surface area (Å²) in [5.74, 6) is 2.90. The van der Waals surface area contributed by atoms with Gasteiger partial charge in [-0.05, 0) is 54.7 Å². The van der Waals surface area contributed by atoms with Crippen LogP contribution in [0.2, 0.25) is 0 Å². The molecule has 170 valence electrons. The van der Waals surface area contributed by atoms with Gasteiger partial charge in [0, 0.05) is 24.4 Å². The number of rotatable bonds is 12. The Labute approximate surface area is 191 Å². The van der Waals surface area contributed by atoms with E-state index in [1.165, 1.54) is 100 Å². The predicted molar refractivity (Wildman–Crippen MR) is 133 cm³/mol. The summed E-state index contributed by atoms with van der Waals surface area (Å²) in [6, 6.07) is 6.84. The lowest BCUT2D eigenvalue weighted by Crippen LogP contribution is -2.15. The number of hydrogen-bond donors (Lipinski definition) is 0. The monoisotopic (exact) mass is 420 g/mol. The Morgan fingerprint density at radius 3 is 2.03 bits per heavy atom. The van der Waals surface area contributed by atoms with E-state index in [1.54, 1.807) is 0 Å². The van der Waals surface area contributed by atoms with Crippen LogP contribution in [0.5, 0.6) is 0 Å². The van der Waals surface area contributed by atoms with Crippen molar-refractivity contribution in [1.82, 2.24) is 9.97 Å². The van der Waals surface area contributed by atoms with Gasteiger partial charge < -0.3 is 0 Å². The largest absolute Gasteiger partial charge is 0.241 e. The number of benzene rings is 1. The third-order valence-electron chi connectivity index (χ3n) is 7.39. The summed E-state index contributed by atoms with van der Waals surface area (Å²) in [5, 5.41) is 0. The molecule has 0 bridgehead atoms. The van der Waals surface area contributed by atoms with Crippen LogP contribution < -0.4 is 0 Å². The summed E-state index contributed by atoms with van der Waals surface area (Å²) in [4.78, 5) is 9.41. The van der Waals surface area contributed by atoms with Gasteiger partial charge in [-0.2, -0.15) is 0 Å². The number of unbranched alkanes of at least 4 members (excludes halogenated alkanes) is 4. The van der Waals surface area contributed by atoms with E-state index in [4.69, 9.17) is 9.97 Å². The lowest BCUT2D eigenvalue weighted by atomic mass is 9.78. The van der Waals surface area contributed by atoms with Gasteiger partial charge in [0.15, 0.2) is 0 Å². The molecule has 1 heterocycles. The Balaban J connectivity index is 1.45. The van der Waals surface area contributed by atoms with Crippen LogP contribution in [-0.4, -0.2) is 9.97 Å². The molecule has 1 fully saturated rings. The molecule has 2 aromatic rings. The average Bonchev–Trinajstić information content (AvgIpc) is 2.80. The van der Waals surface area contributed by atoms with Gasteiger partial charge in [0.05, 0.1) is 0 Å². The predicted octanol–water partition coefficient (Wildman–Crippen LogP) is 8.50. The Morgan fingerprint density at radius 1 is 0.742 bits per heavy atom. The van der Waals surface area contributed by atoms with E-state index < -0.39 is 0 Å². The number of aromatic nitrogens is 2. The molecule has 1 aliphatic carbocycles. The zero-order valence-corrected chi connectivity index (χ0v) is 20.3. The van der Waals surface area contributed by atoms with Gasteiger partial charge in [0.1, 0.15) is 5.82 Å². The fourth-order valence-corrected chi connectivity index (χ4v) is 5.18. The average molecular weight is 421 g/mol. The van der Waals surface area contributed by atoms with Gasteiger partial charge in [-0.15, -0.1) is 0 Å². The zero-order valence-electron chi connectivity index (χ0n) is 20.3. The highest BCUT2D eigenvalue weighted by atomic mass is 14.9. The van der Waals surface area contributed by atoms with Crippen LogP contribution in [0.3, 0.4) is 0 Å². The van der Waals surface area contributed by atoms with Crippen LogP contribution in [0.25, 0.3) is 11.1 Å². The first-order chi connectivity index (χ1) is 15.2. The van der Waals surface area contributed by atoms with E-state index >= 15 is 0 Å². The maximum Gasteiger partial charge on any atom is 0.128 e. The smallest absolute Gasteiger partial charge is 0.128 e. The summed E-state index contributed by atoms with van der Waals surface area (Å²) >= 11 is 0. The van der Waals surface area contributed by atoms with Gasteiger partial charge >= 0.3 is 0 Å². The quantitative estimate of drug-likeness (QED) is 0.322. The third-order valence-corrected chi connectivity index (χ3v) is 7.39. The molecule has 0 aliphatic heterocycles. The molecule has 0 amide bonds. The molecule has 0 atom stereocenters. The summed E-state index contributed by atoms with van der Waals surface area (Å²) in [7, 11) is 0. The van der Waals surface area contributed by atoms with Crippen molar-refractivity contribution in [3.63, 3.8) is 0 Å². The second-order valence-corrected chi connectivity index (χ2v) is 9.91. The van der Waals surface area contributed by atoms with Gasteiger partial charge in [-0.3, -0.25) is 0 Å². The Hall–Kier alpha value is -1.70. The fraction of sp³-hybridized carbons (Fsp3) is 0.655. The van der Waals surface area contributed by atoms with E-state index in [0.29, 0.717) is 0 Å². The minimum Gasteiger partial charge on any atom is -0.241 e. The van der Waals surface area contributed by atoms with Crippen LogP contribution in [0, 0.1) is 18.8 Å². The summed E-state index contributed by atoms with van der Waals surface area (Å²) in [6.07, 6.45) is 22.8. The van der Waals surface area contributed by atoms with E-state index in [9.17, 15) is 0 Å². The number of nitrogens with zero attached hydrogens (tertiary/aromatic N) is 2. The molecular weight excluding hydrogens is 376 g/mol. The zero-order chi connectivity index (χ0) is 21.9. The second-order valence-electron chi connectivity index (χ2n) is 9.91. The first-order valence-electron chi connectivity index (χ1n) is 13.1. The number of hydrogen-bond acceptors (Lipinski definition) is 2. The molecule has 0 unspecified atom stereocenters. The minimum atomic E-state index is 0.883. The van der Waals surface area contributed by atoms with E-state index in [2.05, 4.69) is 39.0 Å².